The number of nitrogens with one attached hydrogen (secondary N) is 1. The summed E-state index contributed by atoms with van der Waals surface area (Å²) >= 11 is 18.4. The van der Waals surface area contributed by atoms with Gasteiger partial charge in [-0.3, -0.25) is 4.79 Å². The molecule has 1 heterocycles. The molecule has 0 aliphatic rings. The topological polar surface area (TPSA) is 69.0 Å². The zero-order valence-corrected chi connectivity index (χ0v) is 20.7. The second kappa shape index (κ2) is 10.5. The predicted octanol–water partition coefficient (Wildman–Crippen LogP) is 7.18. The Morgan fingerprint density at radius 2 is 1.71 bits per heavy atom. The van der Waals surface area contributed by atoms with Crippen LogP contribution in [0.25, 0.3) is 17.1 Å². The molecule has 0 aliphatic carbocycles. The highest BCUT2D eigenvalue weighted by atomic mass is 35.5. The van der Waals surface area contributed by atoms with Gasteiger partial charge in [0, 0.05) is 11.3 Å². The van der Waals surface area contributed by atoms with Crippen molar-refractivity contribution in [2.75, 3.05) is 11.9 Å². The third-order valence-electron chi connectivity index (χ3n) is 4.80. The molecule has 0 spiro atoms. The van der Waals surface area contributed by atoms with Crippen molar-refractivity contribution in [2.24, 2.45) is 5.92 Å². The number of carbonyl (C=O) groups excluding carboxylic acids is 1. The van der Waals surface area contributed by atoms with Crippen molar-refractivity contribution in [3.05, 3.63) is 87.4 Å². The zero-order chi connectivity index (χ0) is 24.2. The van der Waals surface area contributed by atoms with Crippen LogP contribution in [0.15, 0.2) is 66.7 Å². The number of hydrogen-bond donors (Lipinski definition) is 1. The van der Waals surface area contributed by atoms with Gasteiger partial charge in [-0.1, -0.05) is 60.8 Å². The highest BCUT2D eigenvalue weighted by Crippen LogP contribution is 2.30. The molecule has 9 heteroatoms. The number of amides is 1. The SMILES string of the molecule is CC(C)COc1nc(-c2ccc(Cl)c(Cl)c2)n(-c2ccc(NC(=O)c3ccccc3Cl)cc2)n1. The number of anilines is 1. The smallest absolute Gasteiger partial charge is 0.336 e. The van der Waals surface area contributed by atoms with Gasteiger partial charge in [-0.05, 0) is 60.5 Å². The number of benzene rings is 3. The molecule has 0 saturated carbocycles. The maximum atomic E-state index is 12.6. The number of ether oxygens (including phenoxy) is 1. The Morgan fingerprint density at radius 1 is 0.971 bits per heavy atom. The molecule has 4 rings (SSSR count). The van der Waals surface area contributed by atoms with Crippen LogP contribution in [0, 0.1) is 5.92 Å². The summed E-state index contributed by atoms with van der Waals surface area (Å²) in [5.41, 5.74) is 2.47. The van der Waals surface area contributed by atoms with Gasteiger partial charge in [0.1, 0.15) is 0 Å². The minimum atomic E-state index is -0.292. The van der Waals surface area contributed by atoms with Crippen LogP contribution < -0.4 is 10.1 Å². The van der Waals surface area contributed by atoms with E-state index < -0.39 is 0 Å². The van der Waals surface area contributed by atoms with E-state index in [0.717, 1.165) is 11.3 Å². The van der Waals surface area contributed by atoms with Gasteiger partial charge in [0.2, 0.25) is 0 Å². The van der Waals surface area contributed by atoms with Gasteiger partial charge in [0.25, 0.3) is 5.91 Å². The van der Waals surface area contributed by atoms with Crippen LogP contribution in [-0.2, 0) is 0 Å². The first-order valence-corrected chi connectivity index (χ1v) is 11.7. The molecule has 1 aromatic heterocycles. The Labute approximate surface area is 212 Å². The first-order chi connectivity index (χ1) is 16.3. The molecule has 34 heavy (non-hydrogen) atoms. The van der Waals surface area contributed by atoms with E-state index in [1.54, 1.807) is 53.2 Å². The molecule has 174 valence electrons. The quantitative estimate of drug-likeness (QED) is 0.283. The highest BCUT2D eigenvalue weighted by molar-refractivity contribution is 6.42. The fourth-order valence-corrected chi connectivity index (χ4v) is 3.65. The normalized spacial score (nSPS) is 11.0. The molecule has 0 unspecified atom stereocenters. The van der Waals surface area contributed by atoms with E-state index in [4.69, 9.17) is 39.5 Å². The lowest BCUT2D eigenvalue weighted by molar-refractivity contribution is 0.102. The summed E-state index contributed by atoms with van der Waals surface area (Å²) < 4.78 is 7.41. The summed E-state index contributed by atoms with van der Waals surface area (Å²) in [4.78, 5) is 17.1. The van der Waals surface area contributed by atoms with Crippen molar-refractivity contribution >= 4 is 46.4 Å². The number of halogens is 3. The van der Waals surface area contributed by atoms with E-state index in [0.29, 0.717) is 44.7 Å². The molecule has 0 fully saturated rings. The molecule has 4 aromatic rings. The number of hydrogen-bond acceptors (Lipinski definition) is 4. The number of nitrogens with zero attached hydrogens (tertiary/aromatic N) is 3. The van der Waals surface area contributed by atoms with Crippen molar-refractivity contribution in [3.8, 4) is 23.1 Å². The largest absolute Gasteiger partial charge is 0.462 e. The molecule has 3 aromatic carbocycles. The van der Waals surface area contributed by atoms with Crippen LogP contribution in [0.1, 0.15) is 24.2 Å². The molecule has 0 atom stereocenters. The average Bonchev–Trinajstić information content (AvgIpc) is 3.24. The molecule has 0 aliphatic heterocycles. The first-order valence-electron chi connectivity index (χ1n) is 10.5. The third-order valence-corrected chi connectivity index (χ3v) is 5.87. The van der Waals surface area contributed by atoms with E-state index in [-0.39, 0.29) is 11.9 Å². The standard InChI is InChI=1S/C25H21Cl3N4O2/c1-15(2)14-34-25-30-23(16-7-12-21(27)22(28)13-16)32(31-25)18-10-8-17(9-11-18)29-24(33)19-5-3-4-6-20(19)26/h3-13,15H,14H2,1-2H3,(H,29,33). The summed E-state index contributed by atoms with van der Waals surface area (Å²) in [5.74, 6) is 0.575. The molecular formula is C25H21Cl3N4O2. The maximum absolute atomic E-state index is 12.6. The lowest BCUT2D eigenvalue weighted by atomic mass is 10.2. The minimum Gasteiger partial charge on any atom is -0.462 e. The summed E-state index contributed by atoms with van der Waals surface area (Å²) in [6.45, 7) is 4.58. The van der Waals surface area contributed by atoms with E-state index in [9.17, 15) is 4.79 Å². The summed E-state index contributed by atoms with van der Waals surface area (Å²) in [5, 5.41) is 8.64. The van der Waals surface area contributed by atoms with Gasteiger partial charge in [0.05, 0.1) is 32.9 Å². The molecular weight excluding hydrogens is 495 g/mol. The monoisotopic (exact) mass is 514 g/mol. The molecule has 6 nitrogen and oxygen atoms in total. The Morgan fingerprint density at radius 3 is 2.38 bits per heavy atom. The molecule has 1 N–H and O–H groups in total. The second-order valence-corrected chi connectivity index (χ2v) is 9.17. The maximum Gasteiger partial charge on any atom is 0.336 e. The Hall–Kier alpha value is -3.06. The van der Waals surface area contributed by atoms with Gasteiger partial charge >= 0.3 is 6.01 Å². The van der Waals surface area contributed by atoms with E-state index in [2.05, 4.69) is 15.4 Å². The van der Waals surface area contributed by atoms with Crippen molar-refractivity contribution < 1.29 is 9.53 Å². The van der Waals surface area contributed by atoms with Crippen LogP contribution in [0.5, 0.6) is 6.01 Å². The third kappa shape index (κ3) is 5.53. The van der Waals surface area contributed by atoms with Crippen molar-refractivity contribution in [1.29, 1.82) is 0 Å². The summed E-state index contributed by atoms with van der Waals surface area (Å²) in [6.07, 6.45) is 0. The fraction of sp³-hybridized carbons (Fsp3) is 0.160. The summed E-state index contributed by atoms with van der Waals surface area (Å²) in [7, 11) is 0. The molecule has 0 saturated heterocycles. The zero-order valence-electron chi connectivity index (χ0n) is 18.4. The van der Waals surface area contributed by atoms with E-state index in [1.807, 2.05) is 32.0 Å². The van der Waals surface area contributed by atoms with Crippen LogP contribution in [-0.4, -0.2) is 27.3 Å². The number of aromatic nitrogens is 3. The Balaban J connectivity index is 1.64. The minimum absolute atomic E-state index is 0.255. The predicted molar refractivity (Wildman–Crippen MR) is 137 cm³/mol. The van der Waals surface area contributed by atoms with Gasteiger partial charge < -0.3 is 10.1 Å². The Bertz CT molecular complexity index is 1320. The lowest BCUT2D eigenvalue weighted by Crippen LogP contribution is -2.12. The lowest BCUT2D eigenvalue weighted by Gasteiger charge is -2.09. The van der Waals surface area contributed by atoms with Gasteiger partial charge in [-0.15, -0.1) is 5.10 Å². The average molecular weight is 516 g/mol. The van der Waals surface area contributed by atoms with Crippen molar-refractivity contribution in [1.82, 2.24) is 14.8 Å². The van der Waals surface area contributed by atoms with Gasteiger partial charge in [-0.25, -0.2) is 4.68 Å². The van der Waals surface area contributed by atoms with Gasteiger partial charge in [0.15, 0.2) is 5.82 Å². The molecule has 0 radical (unpaired) electrons. The van der Waals surface area contributed by atoms with Crippen LogP contribution >= 0.6 is 34.8 Å². The number of rotatable bonds is 7. The first kappa shape index (κ1) is 24.1. The summed E-state index contributed by atoms with van der Waals surface area (Å²) in [6, 6.07) is 19.6. The van der Waals surface area contributed by atoms with E-state index in [1.165, 1.54) is 0 Å². The second-order valence-electron chi connectivity index (χ2n) is 7.94. The number of carbonyl (C=O) groups is 1. The molecule has 0 bridgehead atoms. The van der Waals surface area contributed by atoms with Crippen LogP contribution in [0.3, 0.4) is 0 Å². The van der Waals surface area contributed by atoms with Gasteiger partial charge in [-0.2, -0.15) is 4.98 Å². The highest BCUT2D eigenvalue weighted by Gasteiger charge is 2.17. The fourth-order valence-electron chi connectivity index (χ4n) is 3.13. The molecule has 1 amide bonds. The van der Waals surface area contributed by atoms with Crippen molar-refractivity contribution in [2.45, 2.75) is 13.8 Å². The van der Waals surface area contributed by atoms with Crippen LogP contribution in [0.4, 0.5) is 5.69 Å². The van der Waals surface area contributed by atoms with E-state index >= 15 is 0 Å². The van der Waals surface area contributed by atoms with Crippen molar-refractivity contribution in [3.63, 3.8) is 0 Å². The van der Waals surface area contributed by atoms with Crippen LogP contribution in [0.2, 0.25) is 15.1 Å². The Kier molecular flexibility index (Phi) is 7.41.